The van der Waals surface area contributed by atoms with Crippen LogP contribution < -0.4 is 27.4 Å². The molecule has 0 aliphatic carbocycles. The molecule has 0 bridgehead atoms. The van der Waals surface area contributed by atoms with E-state index in [0.29, 0.717) is 31.6 Å². The van der Waals surface area contributed by atoms with Crippen LogP contribution in [0.4, 0.5) is 0 Å². The summed E-state index contributed by atoms with van der Waals surface area (Å²) < 4.78 is 0. The average Bonchev–Trinajstić information content (AvgIpc) is 2.77. The van der Waals surface area contributed by atoms with E-state index in [9.17, 15) is 24.3 Å². The van der Waals surface area contributed by atoms with Crippen LogP contribution in [0.5, 0.6) is 0 Å². The standard InChI is InChI=1S/C20H39N5O5S2/c1-4-12(2)16(22)19(28)25-15(11-31)18(27)23-13(7-5-6-9-21)17(26)24-14(20(29)30)8-10-32-3/h12-16,31H,4-11,21-22H2,1-3H3,(H,23,27)(H,24,26)(H,25,28)(H,29,30). The van der Waals surface area contributed by atoms with Crippen molar-refractivity contribution in [2.75, 3.05) is 24.3 Å². The second-order valence-corrected chi connectivity index (χ2v) is 9.03. The minimum absolute atomic E-state index is 0.00735. The van der Waals surface area contributed by atoms with Crippen LogP contribution in [0.15, 0.2) is 0 Å². The molecule has 0 aromatic carbocycles. The maximum absolute atomic E-state index is 12.8. The number of rotatable bonds is 17. The lowest BCUT2D eigenvalue weighted by atomic mass is 9.99. The van der Waals surface area contributed by atoms with Crippen molar-refractivity contribution < 1.29 is 24.3 Å². The lowest BCUT2D eigenvalue weighted by Gasteiger charge is -2.25. The van der Waals surface area contributed by atoms with Crippen molar-refractivity contribution >= 4 is 48.1 Å². The SMILES string of the molecule is CCC(C)C(N)C(=O)NC(CS)C(=O)NC(CCCCN)C(=O)NC(CCSC)C(=O)O. The first-order chi connectivity index (χ1) is 15.1. The number of thiol groups is 1. The van der Waals surface area contributed by atoms with Gasteiger partial charge in [0.1, 0.15) is 18.1 Å². The van der Waals surface area contributed by atoms with Crippen LogP contribution in [0, 0.1) is 5.92 Å². The van der Waals surface area contributed by atoms with Gasteiger partial charge in [0.15, 0.2) is 0 Å². The third-order valence-corrected chi connectivity index (χ3v) is 6.19. The largest absolute Gasteiger partial charge is 0.480 e. The minimum Gasteiger partial charge on any atom is -0.480 e. The molecule has 0 heterocycles. The molecule has 3 amide bonds. The van der Waals surface area contributed by atoms with E-state index in [1.165, 1.54) is 11.8 Å². The minimum atomic E-state index is -1.14. The highest BCUT2D eigenvalue weighted by Gasteiger charge is 2.30. The van der Waals surface area contributed by atoms with Gasteiger partial charge in [-0.1, -0.05) is 20.3 Å². The smallest absolute Gasteiger partial charge is 0.326 e. The van der Waals surface area contributed by atoms with Crippen LogP contribution in [-0.4, -0.2) is 77.3 Å². The normalized spacial score (nSPS) is 15.7. The molecule has 0 spiro atoms. The number of unbranched alkanes of at least 4 members (excludes halogenated alkanes) is 1. The predicted molar refractivity (Wildman–Crippen MR) is 131 cm³/mol. The lowest BCUT2D eigenvalue weighted by molar-refractivity contribution is -0.142. The molecule has 0 radical (unpaired) electrons. The van der Waals surface area contributed by atoms with E-state index in [2.05, 4.69) is 28.6 Å². The van der Waals surface area contributed by atoms with Gasteiger partial charge in [-0.2, -0.15) is 24.4 Å². The molecule has 186 valence electrons. The molecular formula is C20H39N5O5S2. The van der Waals surface area contributed by atoms with Gasteiger partial charge in [-0.25, -0.2) is 4.79 Å². The molecule has 8 N–H and O–H groups in total. The molecule has 0 fully saturated rings. The molecule has 0 saturated heterocycles. The second kappa shape index (κ2) is 17.0. The van der Waals surface area contributed by atoms with Crippen LogP contribution in [0.2, 0.25) is 0 Å². The number of aliphatic carboxylic acids is 1. The van der Waals surface area contributed by atoms with Gasteiger partial charge in [-0.15, -0.1) is 0 Å². The van der Waals surface area contributed by atoms with Crippen LogP contribution in [0.3, 0.4) is 0 Å². The highest BCUT2D eigenvalue weighted by Crippen LogP contribution is 2.08. The van der Waals surface area contributed by atoms with Gasteiger partial charge < -0.3 is 32.5 Å². The summed E-state index contributed by atoms with van der Waals surface area (Å²) >= 11 is 5.61. The molecule has 12 heteroatoms. The number of hydrogen-bond donors (Lipinski definition) is 7. The summed E-state index contributed by atoms with van der Waals surface area (Å²) in [5.74, 6) is -2.29. The van der Waals surface area contributed by atoms with Crippen LogP contribution >= 0.6 is 24.4 Å². The molecule has 0 aliphatic heterocycles. The summed E-state index contributed by atoms with van der Waals surface area (Å²) in [7, 11) is 0. The zero-order valence-electron chi connectivity index (χ0n) is 19.1. The molecule has 0 saturated carbocycles. The van der Waals surface area contributed by atoms with Gasteiger partial charge in [0.05, 0.1) is 6.04 Å². The summed E-state index contributed by atoms with van der Waals surface area (Å²) in [4.78, 5) is 49.4. The van der Waals surface area contributed by atoms with E-state index in [1.807, 2.05) is 20.1 Å². The number of carbonyl (C=O) groups excluding carboxylic acids is 3. The Morgan fingerprint density at radius 1 is 0.969 bits per heavy atom. The van der Waals surface area contributed by atoms with E-state index in [-0.39, 0.29) is 24.5 Å². The maximum Gasteiger partial charge on any atom is 0.326 e. The molecular weight excluding hydrogens is 454 g/mol. The fourth-order valence-corrected chi connectivity index (χ4v) is 3.50. The number of carboxylic acid groups (broad SMARTS) is 1. The first-order valence-corrected chi connectivity index (χ1v) is 12.8. The Balaban J connectivity index is 5.26. The Bertz CT molecular complexity index is 611. The maximum atomic E-state index is 12.8. The highest BCUT2D eigenvalue weighted by atomic mass is 32.2. The van der Waals surface area contributed by atoms with E-state index < -0.39 is 47.9 Å². The fraction of sp³-hybridized carbons (Fsp3) is 0.800. The fourth-order valence-electron chi connectivity index (χ4n) is 2.77. The van der Waals surface area contributed by atoms with Crippen molar-refractivity contribution in [3.05, 3.63) is 0 Å². The monoisotopic (exact) mass is 493 g/mol. The molecule has 0 aliphatic rings. The first-order valence-electron chi connectivity index (χ1n) is 10.8. The van der Waals surface area contributed by atoms with Crippen molar-refractivity contribution in [2.45, 2.75) is 70.1 Å². The number of nitrogens with one attached hydrogen (secondary N) is 3. The number of carbonyl (C=O) groups is 4. The van der Waals surface area contributed by atoms with Crippen LogP contribution in [0.25, 0.3) is 0 Å². The van der Waals surface area contributed by atoms with Crippen molar-refractivity contribution in [3.63, 3.8) is 0 Å². The van der Waals surface area contributed by atoms with E-state index >= 15 is 0 Å². The number of nitrogens with two attached hydrogens (primary N) is 2. The number of thioether (sulfide) groups is 1. The zero-order valence-corrected chi connectivity index (χ0v) is 20.8. The zero-order chi connectivity index (χ0) is 24.7. The molecule has 0 rings (SSSR count). The van der Waals surface area contributed by atoms with E-state index in [0.717, 1.165) is 0 Å². The van der Waals surface area contributed by atoms with Crippen LogP contribution in [0.1, 0.15) is 46.0 Å². The Labute approximate surface area is 200 Å². The first kappa shape index (κ1) is 30.5. The molecule has 5 atom stereocenters. The van der Waals surface area contributed by atoms with Crippen LogP contribution in [-0.2, 0) is 19.2 Å². The summed E-state index contributed by atoms with van der Waals surface area (Å²) in [6.45, 7) is 4.18. The third-order valence-electron chi connectivity index (χ3n) is 5.18. The molecule has 0 aromatic rings. The van der Waals surface area contributed by atoms with E-state index in [1.54, 1.807) is 0 Å². The Morgan fingerprint density at radius 3 is 2.03 bits per heavy atom. The summed E-state index contributed by atoms with van der Waals surface area (Å²) in [6.07, 6.45) is 4.30. The average molecular weight is 494 g/mol. The van der Waals surface area contributed by atoms with Crippen molar-refractivity contribution in [2.24, 2.45) is 17.4 Å². The van der Waals surface area contributed by atoms with Gasteiger partial charge >= 0.3 is 5.97 Å². The number of hydrogen-bond acceptors (Lipinski definition) is 8. The highest BCUT2D eigenvalue weighted by molar-refractivity contribution is 7.98. The molecule has 5 unspecified atom stereocenters. The van der Waals surface area contributed by atoms with Crippen molar-refractivity contribution in [1.29, 1.82) is 0 Å². The third kappa shape index (κ3) is 11.4. The quantitative estimate of drug-likeness (QED) is 0.107. The summed E-state index contributed by atoms with van der Waals surface area (Å²) in [5, 5.41) is 17.1. The molecule has 0 aromatic heterocycles. The van der Waals surface area contributed by atoms with Gasteiger partial charge in [0.25, 0.3) is 0 Å². The summed E-state index contributed by atoms with van der Waals surface area (Å²) in [5.41, 5.74) is 11.4. The van der Waals surface area contributed by atoms with Gasteiger partial charge in [0.2, 0.25) is 17.7 Å². The van der Waals surface area contributed by atoms with Crippen molar-refractivity contribution in [1.82, 2.24) is 16.0 Å². The van der Waals surface area contributed by atoms with Gasteiger partial charge in [-0.3, -0.25) is 14.4 Å². The summed E-state index contributed by atoms with van der Waals surface area (Å²) in [6, 6.07) is -3.78. The van der Waals surface area contributed by atoms with E-state index in [4.69, 9.17) is 11.5 Å². The van der Waals surface area contributed by atoms with Gasteiger partial charge in [-0.05, 0) is 50.2 Å². The van der Waals surface area contributed by atoms with Gasteiger partial charge in [0, 0.05) is 5.75 Å². The number of carboxylic acids is 1. The topological polar surface area (TPSA) is 177 Å². The molecule has 32 heavy (non-hydrogen) atoms. The second-order valence-electron chi connectivity index (χ2n) is 7.68. The Morgan fingerprint density at radius 2 is 1.53 bits per heavy atom. The van der Waals surface area contributed by atoms with Crippen molar-refractivity contribution in [3.8, 4) is 0 Å². The Hall–Kier alpha value is -1.50. The lowest BCUT2D eigenvalue weighted by Crippen LogP contribution is -2.58. The molecule has 10 nitrogen and oxygen atoms in total. The number of amides is 3. The Kier molecular flexibility index (Phi) is 16.2. The predicted octanol–water partition coefficient (Wildman–Crippen LogP) is -0.289.